The van der Waals surface area contributed by atoms with E-state index in [0.717, 1.165) is 10.5 Å². The van der Waals surface area contributed by atoms with E-state index in [9.17, 15) is 14.4 Å². The summed E-state index contributed by atoms with van der Waals surface area (Å²) in [5.41, 5.74) is 7.11. The van der Waals surface area contributed by atoms with Gasteiger partial charge in [-0.25, -0.2) is 0 Å². The molecule has 7 heteroatoms. The molecule has 1 atom stereocenters. The second-order valence-corrected chi connectivity index (χ2v) is 6.06. The van der Waals surface area contributed by atoms with Gasteiger partial charge in [0.15, 0.2) is 0 Å². The Morgan fingerprint density at radius 3 is 2.86 bits per heavy atom. The number of carbonyl (C=O) groups excluding carboxylic acids is 3. The molecule has 0 radical (unpaired) electrons. The molecule has 3 amide bonds. The van der Waals surface area contributed by atoms with Crippen molar-refractivity contribution in [1.82, 2.24) is 10.2 Å². The summed E-state index contributed by atoms with van der Waals surface area (Å²) < 4.78 is 0. The van der Waals surface area contributed by atoms with E-state index in [2.05, 4.69) is 5.32 Å². The molecule has 0 saturated carbocycles. The number of thioether (sulfide) groups is 1. The molecule has 1 unspecified atom stereocenters. The van der Waals surface area contributed by atoms with E-state index in [1.165, 1.54) is 11.8 Å². The van der Waals surface area contributed by atoms with Crippen molar-refractivity contribution in [2.75, 3.05) is 5.88 Å². The first-order chi connectivity index (χ1) is 10.1. The highest BCUT2D eigenvalue weighted by Crippen LogP contribution is 2.33. The summed E-state index contributed by atoms with van der Waals surface area (Å²) >= 11 is 1.48. The minimum absolute atomic E-state index is 0.154. The van der Waals surface area contributed by atoms with Crippen LogP contribution in [0, 0.1) is 0 Å². The normalized spacial score (nSPS) is 21.5. The molecule has 110 valence electrons. The predicted octanol–water partition coefficient (Wildman–Crippen LogP) is 0.456. The number of nitrogens with one attached hydrogen (secondary N) is 1. The molecular weight excluding hydrogens is 290 g/mol. The van der Waals surface area contributed by atoms with Crippen LogP contribution in [0.3, 0.4) is 0 Å². The lowest BCUT2D eigenvalue weighted by atomic mass is 10.0. The van der Waals surface area contributed by atoms with Gasteiger partial charge in [0.05, 0.1) is 0 Å². The molecule has 1 saturated heterocycles. The molecule has 3 N–H and O–H groups in total. The third-order valence-corrected chi connectivity index (χ3v) is 4.64. The van der Waals surface area contributed by atoms with E-state index in [4.69, 9.17) is 5.73 Å². The highest BCUT2D eigenvalue weighted by atomic mass is 32.2. The van der Waals surface area contributed by atoms with Crippen molar-refractivity contribution < 1.29 is 14.4 Å². The average Bonchev–Trinajstić information content (AvgIpc) is 2.78. The third-order valence-electron chi connectivity index (χ3n) is 3.78. The largest absolute Gasteiger partial charge is 0.322 e. The first kappa shape index (κ1) is 14.1. The lowest BCUT2D eigenvalue weighted by Crippen LogP contribution is -2.52. The smallest absolute Gasteiger partial charge is 0.255 e. The molecule has 2 aliphatic heterocycles. The van der Waals surface area contributed by atoms with E-state index in [-0.39, 0.29) is 24.1 Å². The zero-order valence-corrected chi connectivity index (χ0v) is 12.1. The van der Waals surface area contributed by atoms with Crippen molar-refractivity contribution in [1.29, 1.82) is 0 Å². The van der Waals surface area contributed by atoms with Crippen LogP contribution in [0.2, 0.25) is 0 Å². The van der Waals surface area contributed by atoms with E-state index in [1.807, 2.05) is 12.1 Å². The Bertz CT molecular complexity index is 632. The van der Waals surface area contributed by atoms with Crippen LogP contribution in [0.1, 0.15) is 28.8 Å². The van der Waals surface area contributed by atoms with Gasteiger partial charge in [-0.15, -0.1) is 11.8 Å². The number of fused-ring (bicyclic) bond motifs is 1. The van der Waals surface area contributed by atoms with E-state index in [1.54, 1.807) is 11.0 Å². The van der Waals surface area contributed by atoms with Crippen molar-refractivity contribution in [3.63, 3.8) is 0 Å². The molecule has 1 aromatic rings. The van der Waals surface area contributed by atoms with Crippen LogP contribution in [0.5, 0.6) is 0 Å². The van der Waals surface area contributed by atoms with Gasteiger partial charge in [-0.2, -0.15) is 0 Å². The number of carbonyl (C=O) groups is 3. The molecule has 21 heavy (non-hydrogen) atoms. The maximum Gasteiger partial charge on any atom is 0.255 e. The SMILES string of the molecule is NCSc1cccc2c1CN(C1CCC(=O)NC1=O)C2=O. The quantitative estimate of drug-likeness (QED) is 0.481. The number of amides is 3. The molecule has 2 aliphatic rings. The van der Waals surface area contributed by atoms with Crippen molar-refractivity contribution in [3.05, 3.63) is 29.3 Å². The van der Waals surface area contributed by atoms with Crippen LogP contribution in [-0.4, -0.2) is 34.5 Å². The van der Waals surface area contributed by atoms with E-state index in [0.29, 0.717) is 24.4 Å². The predicted molar refractivity (Wildman–Crippen MR) is 77.4 cm³/mol. The van der Waals surface area contributed by atoms with Gasteiger partial charge in [-0.05, 0) is 24.1 Å². The molecule has 1 aromatic carbocycles. The minimum atomic E-state index is -0.571. The number of rotatable bonds is 3. The highest BCUT2D eigenvalue weighted by molar-refractivity contribution is 7.99. The van der Waals surface area contributed by atoms with Crippen molar-refractivity contribution >= 4 is 29.5 Å². The van der Waals surface area contributed by atoms with Crippen LogP contribution in [0.15, 0.2) is 23.1 Å². The zero-order valence-electron chi connectivity index (χ0n) is 11.3. The van der Waals surface area contributed by atoms with E-state index >= 15 is 0 Å². The number of hydrogen-bond acceptors (Lipinski definition) is 5. The van der Waals surface area contributed by atoms with Gasteiger partial charge >= 0.3 is 0 Å². The Balaban J connectivity index is 1.88. The lowest BCUT2D eigenvalue weighted by molar-refractivity contribution is -0.136. The van der Waals surface area contributed by atoms with E-state index < -0.39 is 6.04 Å². The first-order valence-electron chi connectivity index (χ1n) is 6.71. The number of piperidine rings is 1. The monoisotopic (exact) mass is 305 g/mol. The molecule has 1 fully saturated rings. The van der Waals surface area contributed by atoms with Crippen LogP contribution in [0.25, 0.3) is 0 Å². The average molecular weight is 305 g/mol. The number of nitrogens with zero attached hydrogens (tertiary/aromatic N) is 1. The second-order valence-electron chi connectivity index (χ2n) is 4.99. The Labute approximate surface area is 126 Å². The topological polar surface area (TPSA) is 92.5 Å². The van der Waals surface area contributed by atoms with Gasteiger partial charge in [0, 0.05) is 29.3 Å². The summed E-state index contributed by atoms with van der Waals surface area (Å²) in [7, 11) is 0. The molecule has 0 bridgehead atoms. The van der Waals surface area contributed by atoms with Crippen molar-refractivity contribution in [2.45, 2.75) is 30.3 Å². The Hall–Kier alpha value is -1.86. The molecule has 3 rings (SSSR count). The fourth-order valence-electron chi connectivity index (χ4n) is 2.78. The summed E-state index contributed by atoms with van der Waals surface area (Å²) in [6.45, 7) is 0.392. The van der Waals surface area contributed by atoms with Crippen LogP contribution in [-0.2, 0) is 16.1 Å². The number of benzene rings is 1. The number of nitrogens with two attached hydrogens (primary N) is 1. The lowest BCUT2D eigenvalue weighted by Gasteiger charge is -2.29. The highest BCUT2D eigenvalue weighted by Gasteiger charge is 2.39. The van der Waals surface area contributed by atoms with Crippen molar-refractivity contribution in [3.8, 4) is 0 Å². The zero-order chi connectivity index (χ0) is 15.0. The van der Waals surface area contributed by atoms with Gasteiger partial charge in [0.1, 0.15) is 6.04 Å². The summed E-state index contributed by atoms with van der Waals surface area (Å²) in [5.74, 6) is -0.387. The van der Waals surface area contributed by atoms with Crippen LogP contribution >= 0.6 is 11.8 Å². The molecule has 6 nitrogen and oxygen atoms in total. The van der Waals surface area contributed by atoms with Crippen LogP contribution in [0.4, 0.5) is 0 Å². The second kappa shape index (κ2) is 5.50. The number of hydrogen-bond donors (Lipinski definition) is 2. The maximum atomic E-state index is 12.5. The molecule has 0 aliphatic carbocycles. The molecule has 0 aromatic heterocycles. The van der Waals surface area contributed by atoms with Gasteiger partial charge in [0.25, 0.3) is 5.91 Å². The molecule has 0 spiro atoms. The summed E-state index contributed by atoms with van der Waals surface area (Å²) in [6.07, 6.45) is 0.644. The Kier molecular flexibility index (Phi) is 3.69. The summed E-state index contributed by atoms with van der Waals surface area (Å²) in [6, 6.07) is 4.95. The standard InChI is InChI=1S/C14H15N3O3S/c15-7-21-11-3-1-2-8-9(11)6-17(14(8)20)10-4-5-12(18)16-13(10)19/h1-3,10H,4-7,15H2,(H,16,18,19). The van der Waals surface area contributed by atoms with Crippen LogP contribution < -0.4 is 11.1 Å². The van der Waals surface area contributed by atoms with Gasteiger partial charge < -0.3 is 10.6 Å². The van der Waals surface area contributed by atoms with Gasteiger partial charge in [-0.3, -0.25) is 19.7 Å². The van der Waals surface area contributed by atoms with Gasteiger partial charge in [0.2, 0.25) is 11.8 Å². The Morgan fingerprint density at radius 2 is 2.14 bits per heavy atom. The van der Waals surface area contributed by atoms with Crippen molar-refractivity contribution in [2.24, 2.45) is 5.73 Å². The third kappa shape index (κ3) is 2.43. The minimum Gasteiger partial charge on any atom is -0.322 e. The first-order valence-corrected chi connectivity index (χ1v) is 7.70. The number of imide groups is 1. The molecule has 2 heterocycles. The summed E-state index contributed by atoms with van der Waals surface area (Å²) in [5, 5.41) is 2.30. The van der Waals surface area contributed by atoms with Gasteiger partial charge in [-0.1, -0.05) is 6.07 Å². The maximum absolute atomic E-state index is 12.5. The summed E-state index contributed by atoms with van der Waals surface area (Å²) in [4.78, 5) is 38.2. The molecular formula is C14H15N3O3S. The fourth-order valence-corrected chi connectivity index (χ4v) is 3.49. The fraction of sp³-hybridized carbons (Fsp3) is 0.357. The Morgan fingerprint density at radius 1 is 1.33 bits per heavy atom.